The maximum Gasteiger partial charge on any atom is 0.107 e. The van der Waals surface area contributed by atoms with Crippen molar-refractivity contribution in [3.8, 4) is 22.4 Å². The molecule has 3 nitrogen and oxygen atoms in total. The Morgan fingerprint density at radius 2 is 1.45 bits per heavy atom. The fourth-order valence-electron chi connectivity index (χ4n) is 4.16. The van der Waals surface area contributed by atoms with Crippen LogP contribution in [0, 0.1) is 6.92 Å². The minimum Gasteiger partial charge on any atom is -0.393 e. The van der Waals surface area contributed by atoms with E-state index >= 15 is 0 Å². The Morgan fingerprint density at radius 3 is 2.00 bits per heavy atom. The molecule has 1 atom stereocenters. The number of rotatable bonds is 5. The Bertz CT molecular complexity index is 1280. The van der Waals surface area contributed by atoms with E-state index in [1.54, 1.807) is 0 Å². The minimum absolute atomic E-state index is 0.125. The van der Waals surface area contributed by atoms with E-state index in [4.69, 9.17) is 32.9 Å². The largest absolute Gasteiger partial charge is 0.393 e. The van der Waals surface area contributed by atoms with Crippen LogP contribution >= 0.6 is 23.2 Å². The Labute approximate surface area is 205 Å². The molecule has 1 N–H and O–H groups in total. The number of aryl methyl sites for hydroxylation is 1. The smallest absolute Gasteiger partial charge is 0.107 e. The molecule has 1 unspecified atom stereocenters. The van der Waals surface area contributed by atoms with Crippen molar-refractivity contribution in [3.05, 3.63) is 87.9 Å². The molecule has 0 amide bonds. The van der Waals surface area contributed by atoms with Crippen LogP contribution in [0.25, 0.3) is 33.3 Å². The summed E-state index contributed by atoms with van der Waals surface area (Å²) in [7, 11) is 0. The van der Waals surface area contributed by atoms with E-state index in [-0.39, 0.29) is 6.61 Å². The van der Waals surface area contributed by atoms with E-state index in [1.165, 1.54) is 0 Å². The normalized spacial score (nSPS) is 12.8. The van der Waals surface area contributed by atoms with Gasteiger partial charge in [0.1, 0.15) is 6.10 Å². The van der Waals surface area contributed by atoms with Gasteiger partial charge in [0.25, 0.3) is 0 Å². The summed E-state index contributed by atoms with van der Waals surface area (Å²) in [5, 5.41) is 12.7. The fourth-order valence-corrected chi connectivity index (χ4v) is 4.41. The van der Waals surface area contributed by atoms with Crippen LogP contribution in [0.3, 0.4) is 0 Å². The van der Waals surface area contributed by atoms with Gasteiger partial charge in [-0.15, -0.1) is 0 Å². The highest BCUT2D eigenvalue weighted by Crippen LogP contribution is 2.40. The first kappa shape index (κ1) is 23.7. The van der Waals surface area contributed by atoms with E-state index in [0.29, 0.717) is 10.0 Å². The molecule has 3 aromatic carbocycles. The van der Waals surface area contributed by atoms with Gasteiger partial charge in [-0.1, -0.05) is 53.5 Å². The Morgan fingerprint density at radius 1 is 0.879 bits per heavy atom. The third-order valence-electron chi connectivity index (χ3n) is 5.50. The summed E-state index contributed by atoms with van der Waals surface area (Å²) in [5.41, 5.74) is 6.31. The van der Waals surface area contributed by atoms with Gasteiger partial charge in [0, 0.05) is 21.0 Å². The van der Waals surface area contributed by atoms with Crippen LogP contribution in [0.1, 0.15) is 38.0 Å². The number of aliphatic hydroxyl groups excluding tert-OH is 1. The second-order valence-electron chi connectivity index (χ2n) is 9.16. The summed E-state index contributed by atoms with van der Waals surface area (Å²) in [4.78, 5) is 4.97. The zero-order valence-corrected chi connectivity index (χ0v) is 20.7. The lowest BCUT2D eigenvalue weighted by Gasteiger charge is -2.30. The van der Waals surface area contributed by atoms with Gasteiger partial charge in [-0.3, -0.25) is 0 Å². The summed E-state index contributed by atoms with van der Waals surface area (Å²) in [5.74, 6) is 0. The van der Waals surface area contributed by atoms with E-state index in [0.717, 1.165) is 44.4 Å². The van der Waals surface area contributed by atoms with Gasteiger partial charge in [0.15, 0.2) is 0 Å². The molecule has 4 aromatic rings. The third-order valence-corrected chi connectivity index (χ3v) is 6.00. The number of nitrogens with zero attached hydrogens (tertiary/aromatic N) is 1. The summed E-state index contributed by atoms with van der Waals surface area (Å²) in [6.07, 6.45) is -0.476. The molecule has 0 aliphatic rings. The van der Waals surface area contributed by atoms with Crippen molar-refractivity contribution in [1.29, 1.82) is 0 Å². The summed E-state index contributed by atoms with van der Waals surface area (Å²) in [6.45, 7) is 7.90. The second kappa shape index (κ2) is 9.44. The van der Waals surface area contributed by atoms with Crippen LogP contribution in [0.2, 0.25) is 10.0 Å². The van der Waals surface area contributed by atoms with Crippen LogP contribution in [0.5, 0.6) is 0 Å². The first-order valence-electron chi connectivity index (χ1n) is 10.9. The Hall–Kier alpha value is -2.43. The van der Waals surface area contributed by atoms with Crippen molar-refractivity contribution in [2.75, 3.05) is 6.61 Å². The number of hydrogen-bond donors (Lipinski definition) is 1. The van der Waals surface area contributed by atoms with E-state index in [2.05, 4.69) is 12.1 Å². The number of benzene rings is 3. The summed E-state index contributed by atoms with van der Waals surface area (Å²) < 4.78 is 6.28. The van der Waals surface area contributed by atoms with Gasteiger partial charge < -0.3 is 9.84 Å². The monoisotopic (exact) mass is 479 g/mol. The van der Waals surface area contributed by atoms with Gasteiger partial charge in [0.05, 0.1) is 23.4 Å². The number of pyridine rings is 1. The van der Waals surface area contributed by atoms with E-state index < -0.39 is 11.7 Å². The van der Waals surface area contributed by atoms with E-state index in [1.807, 2.05) is 82.3 Å². The highest BCUT2D eigenvalue weighted by Gasteiger charge is 2.26. The Balaban J connectivity index is 1.97. The van der Waals surface area contributed by atoms with Crippen molar-refractivity contribution < 1.29 is 9.84 Å². The molecule has 0 aliphatic heterocycles. The first-order chi connectivity index (χ1) is 15.7. The quantitative estimate of drug-likeness (QED) is 0.314. The molecule has 0 aliphatic carbocycles. The first-order valence-corrected chi connectivity index (χ1v) is 11.7. The highest BCUT2D eigenvalue weighted by atomic mass is 35.5. The zero-order chi connectivity index (χ0) is 23.8. The molecule has 4 rings (SSSR count). The lowest BCUT2D eigenvalue weighted by molar-refractivity contribution is -0.0821. The molecule has 5 heteroatoms. The molecule has 170 valence electrons. The molecule has 33 heavy (non-hydrogen) atoms. The van der Waals surface area contributed by atoms with Crippen LogP contribution in [0.15, 0.2) is 66.7 Å². The predicted octanol–water partition coefficient (Wildman–Crippen LogP) is 8.03. The van der Waals surface area contributed by atoms with Crippen molar-refractivity contribution in [3.63, 3.8) is 0 Å². The number of fused-ring (bicyclic) bond motifs is 1. The predicted molar refractivity (Wildman–Crippen MR) is 138 cm³/mol. The average Bonchev–Trinajstić information content (AvgIpc) is 2.77. The SMILES string of the molecule is Cc1cc2nc(-c3ccc(Cl)cc3)ccc2c(-c2ccc(Cl)cc2)c1C(CO)OC(C)(C)C. The van der Waals surface area contributed by atoms with Crippen molar-refractivity contribution >= 4 is 34.1 Å². The second-order valence-corrected chi connectivity index (χ2v) is 10.0. The molecule has 0 radical (unpaired) electrons. The zero-order valence-electron chi connectivity index (χ0n) is 19.2. The molecule has 0 saturated carbocycles. The van der Waals surface area contributed by atoms with Crippen LogP contribution in [0.4, 0.5) is 0 Å². The van der Waals surface area contributed by atoms with Gasteiger partial charge in [0.2, 0.25) is 0 Å². The number of aromatic nitrogens is 1. The fraction of sp³-hybridized carbons (Fsp3) is 0.250. The lowest BCUT2D eigenvalue weighted by atomic mass is 9.88. The number of ether oxygens (including phenoxy) is 1. The van der Waals surface area contributed by atoms with Crippen molar-refractivity contribution in [1.82, 2.24) is 4.98 Å². The van der Waals surface area contributed by atoms with Crippen molar-refractivity contribution in [2.24, 2.45) is 0 Å². The molecule has 0 bridgehead atoms. The minimum atomic E-state index is -0.476. The molecule has 0 fully saturated rings. The van der Waals surface area contributed by atoms with Crippen LogP contribution < -0.4 is 0 Å². The van der Waals surface area contributed by atoms with Crippen LogP contribution in [-0.4, -0.2) is 22.3 Å². The third kappa shape index (κ3) is 5.23. The lowest BCUT2D eigenvalue weighted by Crippen LogP contribution is -2.25. The Kier molecular flexibility index (Phi) is 6.78. The van der Waals surface area contributed by atoms with Gasteiger partial charge in [-0.25, -0.2) is 4.98 Å². The summed E-state index contributed by atoms with van der Waals surface area (Å²) in [6, 6.07) is 21.6. The van der Waals surface area contributed by atoms with Gasteiger partial charge >= 0.3 is 0 Å². The molecular formula is C28H27Cl2NO2. The van der Waals surface area contributed by atoms with Gasteiger partial charge in [-0.05, 0) is 86.3 Å². The topological polar surface area (TPSA) is 42.4 Å². The van der Waals surface area contributed by atoms with E-state index in [9.17, 15) is 5.11 Å². The molecule has 1 heterocycles. The average molecular weight is 480 g/mol. The maximum absolute atomic E-state index is 10.3. The number of aliphatic hydroxyl groups is 1. The highest BCUT2D eigenvalue weighted by molar-refractivity contribution is 6.31. The summed E-state index contributed by atoms with van der Waals surface area (Å²) >= 11 is 12.2. The maximum atomic E-state index is 10.3. The van der Waals surface area contributed by atoms with Crippen molar-refractivity contribution in [2.45, 2.75) is 39.4 Å². The van der Waals surface area contributed by atoms with Gasteiger partial charge in [-0.2, -0.15) is 0 Å². The molecule has 0 spiro atoms. The molecule has 0 saturated heterocycles. The standard InChI is InChI=1S/C28H27Cl2NO2/c1-17-15-24-22(13-14-23(31-24)18-5-9-20(29)10-6-18)27(19-7-11-21(30)12-8-19)26(17)25(16-32)33-28(2,3)4/h5-15,25,32H,16H2,1-4H3. The number of halogens is 2. The van der Waals surface area contributed by atoms with Crippen LogP contribution in [-0.2, 0) is 4.74 Å². The molecule has 1 aromatic heterocycles. The number of hydrogen-bond acceptors (Lipinski definition) is 3. The molecular weight excluding hydrogens is 453 g/mol.